The second-order valence-electron chi connectivity index (χ2n) is 11.2. The van der Waals surface area contributed by atoms with Gasteiger partial charge in [0.1, 0.15) is 11.6 Å². The van der Waals surface area contributed by atoms with E-state index in [1.807, 2.05) is 63.2 Å². The minimum atomic E-state index is -0.873. The highest BCUT2D eigenvalue weighted by Crippen LogP contribution is 2.37. The van der Waals surface area contributed by atoms with E-state index in [1.165, 1.54) is 0 Å². The lowest BCUT2D eigenvalue weighted by Crippen LogP contribution is -2.55. The van der Waals surface area contributed by atoms with E-state index in [0.717, 1.165) is 34.6 Å². The number of anilines is 1. The van der Waals surface area contributed by atoms with Crippen LogP contribution < -0.4 is 9.64 Å². The van der Waals surface area contributed by atoms with Crippen LogP contribution in [0.5, 0.6) is 5.75 Å². The average Bonchev–Trinajstić information content (AvgIpc) is 3.16. The van der Waals surface area contributed by atoms with Gasteiger partial charge in [0, 0.05) is 24.8 Å². The molecule has 4 heterocycles. The van der Waals surface area contributed by atoms with Crippen LogP contribution >= 0.6 is 11.6 Å². The van der Waals surface area contributed by atoms with Crippen LogP contribution in [0.25, 0.3) is 32.9 Å². The number of ether oxygens (including phenoxy) is 1. The Balaban J connectivity index is 1.42. The van der Waals surface area contributed by atoms with Gasteiger partial charge in [-0.2, -0.15) is 4.98 Å². The summed E-state index contributed by atoms with van der Waals surface area (Å²) in [4.78, 5) is 41.8. The van der Waals surface area contributed by atoms with Gasteiger partial charge in [-0.25, -0.2) is 9.78 Å². The van der Waals surface area contributed by atoms with Crippen LogP contribution in [0, 0.1) is 5.41 Å². The SMILES string of the molecule is CC(C)(C)C(=O)Oc1cc(-c2cc3nc(Cl)nc(N4CC5CCC(C4)N5C(=O)O)c3cn2)c2ccccc2c1. The van der Waals surface area contributed by atoms with Crippen molar-refractivity contribution in [3.8, 4) is 17.0 Å². The molecule has 2 aromatic heterocycles. The lowest BCUT2D eigenvalue weighted by molar-refractivity contribution is -0.142. The molecule has 2 unspecified atom stereocenters. The van der Waals surface area contributed by atoms with Crippen LogP contribution in [-0.2, 0) is 4.79 Å². The van der Waals surface area contributed by atoms with Crippen molar-refractivity contribution in [1.82, 2.24) is 19.9 Å². The molecule has 1 N–H and O–H groups in total. The second-order valence-corrected chi connectivity index (χ2v) is 11.6. The molecule has 2 bridgehead atoms. The van der Waals surface area contributed by atoms with Gasteiger partial charge in [-0.05, 0) is 74.2 Å². The number of hydrogen-bond acceptors (Lipinski definition) is 7. The van der Waals surface area contributed by atoms with E-state index in [2.05, 4.69) is 14.9 Å². The zero-order chi connectivity index (χ0) is 27.5. The molecule has 200 valence electrons. The zero-order valence-corrected chi connectivity index (χ0v) is 22.6. The molecule has 2 aromatic carbocycles. The molecule has 6 rings (SSSR count). The van der Waals surface area contributed by atoms with Gasteiger partial charge in [-0.3, -0.25) is 14.7 Å². The summed E-state index contributed by atoms with van der Waals surface area (Å²) in [6.45, 7) is 6.53. The third-order valence-corrected chi connectivity index (χ3v) is 7.64. The van der Waals surface area contributed by atoms with E-state index in [1.54, 1.807) is 11.1 Å². The summed E-state index contributed by atoms with van der Waals surface area (Å²) < 4.78 is 5.74. The van der Waals surface area contributed by atoms with Crippen molar-refractivity contribution < 1.29 is 19.4 Å². The first-order valence-corrected chi connectivity index (χ1v) is 13.3. The van der Waals surface area contributed by atoms with E-state index in [9.17, 15) is 14.7 Å². The summed E-state index contributed by atoms with van der Waals surface area (Å²) in [5, 5.41) is 12.4. The number of hydrogen-bond donors (Lipinski definition) is 1. The standard InChI is InChI=1S/C29H28ClN5O4/c1-29(2,3)26(36)39-19-10-16-6-4-5-7-20(16)21(11-19)23-12-24-22(13-31-23)25(33-27(30)32-24)34-14-17-8-9-18(15-34)35(17)28(37)38/h4-7,10-13,17-18H,8-9,14-15H2,1-3H3,(H,37,38). The molecular formula is C29H28ClN5O4. The van der Waals surface area contributed by atoms with E-state index in [-0.39, 0.29) is 23.3 Å². The third kappa shape index (κ3) is 4.61. The van der Waals surface area contributed by atoms with Crippen LogP contribution in [0.1, 0.15) is 33.6 Å². The maximum atomic E-state index is 12.6. The Bertz CT molecular complexity index is 1620. The van der Waals surface area contributed by atoms with Crippen LogP contribution in [0.15, 0.2) is 48.7 Å². The molecule has 2 aliphatic rings. The lowest BCUT2D eigenvalue weighted by atomic mass is 9.97. The number of piperazine rings is 1. The van der Waals surface area contributed by atoms with Crippen molar-refractivity contribution in [2.45, 2.75) is 45.7 Å². The number of halogens is 1. The van der Waals surface area contributed by atoms with Crippen molar-refractivity contribution in [3.63, 3.8) is 0 Å². The highest BCUT2D eigenvalue weighted by atomic mass is 35.5. The number of carbonyl (C=O) groups excluding carboxylic acids is 1. The molecule has 2 atom stereocenters. The van der Waals surface area contributed by atoms with E-state index < -0.39 is 11.5 Å². The van der Waals surface area contributed by atoms with E-state index >= 15 is 0 Å². The Morgan fingerprint density at radius 2 is 1.74 bits per heavy atom. The minimum absolute atomic E-state index is 0.0813. The topological polar surface area (TPSA) is 109 Å². The summed E-state index contributed by atoms with van der Waals surface area (Å²) >= 11 is 6.40. The number of nitrogens with zero attached hydrogens (tertiary/aromatic N) is 5. The highest BCUT2D eigenvalue weighted by Gasteiger charge is 2.43. The number of aromatic nitrogens is 3. The number of benzene rings is 2. The molecule has 9 nitrogen and oxygen atoms in total. The van der Waals surface area contributed by atoms with Gasteiger partial charge >= 0.3 is 12.1 Å². The summed E-state index contributed by atoms with van der Waals surface area (Å²) in [6.07, 6.45) is 2.53. The van der Waals surface area contributed by atoms with Gasteiger partial charge in [0.25, 0.3) is 0 Å². The van der Waals surface area contributed by atoms with Gasteiger partial charge in [0.2, 0.25) is 5.28 Å². The van der Waals surface area contributed by atoms with E-state index in [0.29, 0.717) is 35.9 Å². The molecule has 0 radical (unpaired) electrons. The number of carbonyl (C=O) groups is 2. The maximum Gasteiger partial charge on any atom is 0.407 e. The van der Waals surface area contributed by atoms with Crippen LogP contribution in [0.2, 0.25) is 5.28 Å². The largest absolute Gasteiger partial charge is 0.465 e. The maximum absolute atomic E-state index is 12.6. The average molecular weight is 546 g/mol. The fraction of sp³-hybridized carbons (Fsp3) is 0.345. The first kappa shape index (κ1) is 25.3. The molecule has 2 fully saturated rings. The number of pyridine rings is 1. The molecule has 2 aliphatic heterocycles. The molecule has 0 aliphatic carbocycles. The first-order chi connectivity index (χ1) is 18.6. The Morgan fingerprint density at radius 1 is 1.03 bits per heavy atom. The quantitative estimate of drug-likeness (QED) is 0.196. The molecule has 2 saturated heterocycles. The number of rotatable bonds is 3. The monoisotopic (exact) mass is 545 g/mol. The highest BCUT2D eigenvalue weighted by molar-refractivity contribution is 6.28. The molecule has 4 aromatic rings. The molecule has 39 heavy (non-hydrogen) atoms. The van der Waals surface area contributed by atoms with Crippen molar-refractivity contribution in [3.05, 3.63) is 53.9 Å². The smallest absolute Gasteiger partial charge is 0.407 e. The van der Waals surface area contributed by atoms with Crippen molar-refractivity contribution in [1.29, 1.82) is 0 Å². The van der Waals surface area contributed by atoms with Crippen LogP contribution in [-0.4, -0.2) is 62.2 Å². The Labute approximate surface area is 230 Å². The van der Waals surface area contributed by atoms with Gasteiger partial charge in [0.15, 0.2) is 0 Å². The normalized spacial score (nSPS) is 19.1. The Kier molecular flexibility index (Phi) is 6.06. The Morgan fingerprint density at radius 3 is 2.44 bits per heavy atom. The van der Waals surface area contributed by atoms with Crippen molar-refractivity contribution in [2.24, 2.45) is 5.41 Å². The van der Waals surface area contributed by atoms with Gasteiger partial charge in [-0.1, -0.05) is 24.3 Å². The summed E-state index contributed by atoms with van der Waals surface area (Å²) in [6, 6.07) is 13.2. The second kappa shape index (κ2) is 9.34. The van der Waals surface area contributed by atoms with Gasteiger partial charge in [0.05, 0.1) is 34.1 Å². The fourth-order valence-electron chi connectivity index (χ4n) is 5.57. The van der Waals surface area contributed by atoms with Crippen molar-refractivity contribution >= 4 is 51.2 Å². The number of carboxylic acid groups (broad SMARTS) is 1. The Hall–Kier alpha value is -3.98. The molecule has 10 heteroatoms. The summed E-state index contributed by atoms with van der Waals surface area (Å²) in [5.74, 6) is 0.777. The van der Waals surface area contributed by atoms with Gasteiger partial charge < -0.3 is 14.7 Å². The van der Waals surface area contributed by atoms with E-state index in [4.69, 9.17) is 21.3 Å². The lowest BCUT2D eigenvalue weighted by Gasteiger charge is -2.40. The number of fused-ring (bicyclic) bond motifs is 4. The van der Waals surface area contributed by atoms with Crippen LogP contribution in [0.4, 0.5) is 10.6 Å². The minimum Gasteiger partial charge on any atom is -0.465 e. The summed E-state index contributed by atoms with van der Waals surface area (Å²) in [5.41, 5.74) is 1.44. The molecule has 1 amide bonds. The number of amides is 1. The molecular weight excluding hydrogens is 518 g/mol. The predicted octanol–water partition coefficient (Wildman–Crippen LogP) is 5.78. The van der Waals surface area contributed by atoms with Gasteiger partial charge in [-0.15, -0.1) is 0 Å². The zero-order valence-electron chi connectivity index (χ0n) is 21.9. The first-order valence-electron chi connectivity index (χ1n) is 12.9. The summed E-state index contributed by atoms with van der Waals surface area (Å²) in [7, 11) is 0. The molecule has 0 saturated carbocycles. The molecule has 0 spiro atoms. The third-order valence-electron chi connectivity index (χ3n) is 7.47. The predicted molar refractivity (Wildman–Crippen MR) is 149 cm³/mol. The van der Waals surface area contributed by atoms with Crippen molar-refractivity contribution in [2.75, 3.05) is 18.0 Å². The number of esters is 1. The van der Waals surface area contributed by atoms with Crippen LogP contribution in [0.3, 0.4) is 0 Å². The fourth-order valence-corrected chi connectivity index (χ4v) is 5.74.